The summed E-state index contributed by atoms with van der Waals surface area (Å²) < 4.78 is 68.5. The molecular formula is C81H142O17P2. The minimum atomic E-state index is -4.99. The van der Waals surface area contributed by atoms with E-state index < -0.39 is 97.5 Å². The van der Waals surface area contributed by atoms with Gasteiger partial charge in [0.05, 0.1) is 26.4 Å². The minimum Gasteiger partial charge on any atom is -0.462 e. The minimum absolute atomic E-state index is 0.0712. The Morgan fingerprint density at radius 1 is 0.290 bits per heavy atom. The number of carbonyl (C=O) groups is 4. The summed E-state index contributed by atoms with van der Waals surface area (Å²) in [7, 11) is -9.96. The van der Waals surface area contributed by atoms with E-state index in [0.717, 1.165) is 161 Å². The molecule has 0 heterocycles. The Bertz CT molecular complexity index is 2270. The molecule has 17 nitrogen and oxygen atoms in total. The van der Waals surface area contributed by atoms with Crippen LogP contribution in [0.2, 0.25) is 0 Å². The van der Waals surface area contributed by atoms with Crippen molar-refractivity contribution in [1.29, 1.82) is 0 Å². The summed E-state index contributed by atoms with van der Waals surface area (Å²) in [5.41, 5.74) is 0. The molecule has 0 spiro atoms. The fourth-order valence-corrected chi connectivity index (χ4v) is 12.1. The topological polar surface area (TPSA) is 237 Å². The molecule has 0 saturated heterocycles. The number of esters is 4. The number of phosphoric ester groups is 2. The second-order valence-corrected chi connectivity index (χ2v) is 29.2. The van der Waals surface area contributed by atoms with E-state index in [1.807, 2.05) is 0 Å². The molecule has 0 aliphatic carbocycles. The zero-order chi connectivity index (χ0) is 73.2. The highest BCUT2D eigenvalue weighted by atomic mass is 31.2. The smallest absolute Gasteiger partial charge is 0.462 e. The third-order valence-corrected chi connectivity index (χ3v) is 18.4. The average Bonchev–Trinajstić information content (AvgIpc) is 0.985. The number of aliphatic hydroxyl groups is 1. The molecule has 0 radical (unpaired) electrons. The van der Waals surface area contributed by atoms with Crippen molar-refractivity contribution in [2.24, 2.45) is 0 Å². The maximum atomic E-state index is 13.1. The van der Waals surface area contributed by atoms with Crippen molar-refractivity contribution in [3.05, 3.63) is 97.2 Å². The molecule has 0 aliphatic rings. The van der Waals surface area contributed by atoms with Crippen LogP contribution in [0.5, 0.6) is 0 Å². The third kappa shape index (κ3) is 72.3. The van der Waals surface area contributed by atoms with Crippen LogP contribution in [-0.2, 0) is 65.4 Å². The molecular weight excluding hydrogens is 1310 g/mol. The van der Waals surface area contributed by atoms with Crippen molar-refractivity contribution in [1.82, 2.24) is 0 Å². The highest BCUT2D eigenvalue weighted by Crippen LogP contribution is 2.45. The summed E-state index contributed by atoms with van der Waals surface area (Å²) in [4.78, 5) is 72.9. The lowest BCUT2D eigenvalue weighted by atomic mass is 10.1. The van der Waals surface area contributed by atoms with Gasteiger partial charge in [0, 0.05) is 25.7 Å². The first-order chi connectivity index (χ1) is 48.7. The molecule has 19 heteroatoms. The van der Waals surface area contributed by atoms with Crippen molar-refractivity contribution in [3.63, 3.8) is 0 Å². The van der Waals surface area contributed by atoms with Crippen LogP contribution in [-0.4, -0.2) is 96.7 Å². The van der Waals surface area contributed by atoms with Gasteiger partial charge in [0.15, 0.2) is 12.2 Å². The summed E-state index contributed by atoms with van der Waals surface area (Å²) in [6, 6.07) is 0. The Labute approximate surface area is 607 Å². The van der Waals surface area contributed by atoms with Crippen molar-refractivity contribution in [2.75, 3.05) is 39.6 Å². The number of allylic oxidation sites excluding steroid dienone is 16. The summed E-state index contributed by atoms with van der Waals surface area (Å²) >= 11 is 0. The first kappa shape index (κ1) is 96.0. The van der Waals surface area contributed by atoms with Crippen LogP contribution in [0.3, 0.4) is 0 Å². The van der Waals surface area contributed by atoms with Crippen LogP contribution >= 0.6 is 15.6 Å². The van der Waals surface area contributed by atoms with Gasteiger partial charge in [-0.1, -0.05) is 279 Å². The molecule has 0 amide bonds. The van der Waals surface area contributed by atoms with E-state index in [4.69, 9.17) is 37.0 Å². The van der Waals surface area contributed by atoms with Gasteiger partial charge < -0.3 is 33.8 Å². The average molecular weight is 1450 g/mol. The van der Waals surface area contributed by atoms with Crippen LogP contribution in [0.15, 0.2) is 97.2 Å². The predicted octanol–water partition coefficient (Wildman–Crippen LogP) is 22.8. The number of phosphoric acid groups is 2. The van der Waals surface area contributed by atoms with Crippen LogP contribution < -0.4 is 0 Å². The van der Waals surface area contributed by atoms with Gasteiger partial charge in [0.25, 0.3) is 0 Å². The summed E-state index contributed by atoms with van der Waals surface area (Å²) in [6.07, 6.45) is 76.8. The van der Waals surface area contributed by atoms with E-state index in [2.05, 4.69) is 125 Å². The van der Waals surface area contributed by atoms with Crippen molar-refractivity contribution >= 4 is 39.5 Å². The van der Waals surface area contributed by atoms with Gasteiger partial charge in [-0.05, 0) is 128 Å². The number of carbonyl (C=O) groups excluding carboxylic acids is 4. The Hall–Kier alpha value is -4.02. The molecule has 0 aromatic carbocycles. The zero-order valence-electron chi connectivity index (χ0n) is 63.1. The normalized spacial score (nSPS) is 14.4. The largest absolute Gasteiger partial charge is 0.472 e. The SMILES string of the molecule is CC/C=C\C/C=C\C/C=C\C/C=C\C/C=C\CCCCCC(=O)OCC(COP(=O)(O)OCC(O)COP(=O)(O)OCC(COC(=O)CCCCCCC/C=C\CCCCCCCC)OC(=O)CCCCCCCCCCCCC)OC(=O)CCCCCCC/C=C\C/C=C\CCCCC. The molecule has 0 aromatic rings. The van der Waals surface area contributed by atoms with Gasteiger partial charge >= 0.3 is 39.5 Å². The summed E-state index contributed by atoms with van der Waals surface area (Å²) in [5, 5.41) is 10.6. The van der Waals surface area contributed by atoms with E-state index in [-0.39, 0.29) is 25.7 Å². The van der Waals surface area contributed by atoms with E-state index in [1.165, 1.54) is 96.3 Å². The molecule has 0 fully saturated rings. The summed E-state index contributed by atoms with van der Waals surface area (Å²) in [5.74, 6) is -2.22. The maximum Gasteiger partial charge on any atom is 0.472 e. The molecule has 100 heavy (non-hydrogen) atoms. The summed E-state index contributed by atoms with van der Waals surface area (Å²) in [6.45, 7) is 4.69. The first-order valence-electron chi connectivity index (χ1n) is 39.5. The number of hydrogen-bond acceptors (Lipinski definition) is 15. The monoisotopic (exact) mass is 1450 g/mol. The highest BCUT2D eigenvalue weighted by molar-refractivity contribution is 7.47. The Morgan fingerprint density at radius 2 is 0.520 bits per heavy atom. The van der Waals surface area contributed by atoms with E-state index in [1.54, 1.807) is 0 Å². The second kappa shape index (κ2) is 73.3. The number of ether oxygens (including phenoxy) is 4. The van der Waals surface area contributed by atoms with Gasteiger partial charge in [0.1, 0.15) is 19.3 Å². The Kier molecular flexibility index (Phi) is 70.4. The molecule has 5 unspecified atom stereocenters. The van der Waals surface area contributed by atoms with Crippen molar-refractivity contribution < 1.29 is 80.2 Å². The van der Waals surface area contributed by atoms with E-state index >= 15 is 0 Å². The fraction of sp³-hybridized carbons (Fsp3) is 0.753. The molecule has 3 N–H and O–H groups in total. The van der Waals surface area contributed by atoms with Gasteiger partial charge in [-0.3, -0.25) is 37.3 Å². The molecule has 0 aliphatic heterocycles. The van der Waals surface area contributed by atoms with Crippen LogP contribution in [0.4, 0.5) is 0 Å². The Balaban J connectivity index is 5.36. The number of unbranched alkanes of at least 4 members (excludes halogenated alkanes) is 32. The first-order valence-corrected chi connectivity index (χ1v) is 42.5. The number of rotatable bonds is 74. The van der Waals surface area contributed by atoms with E-state index in [0.29, 0.717) is 25.7 Å². The maximum absolute atomic E-state index is 13.1. The fourth-order valence-electron chi connectivity index (χ4n) is 10.5. The van der Waals surface area contributed by atoms with Gasteiger partial charge in [-0.2, -0.15) is 0 Å². The molecule has 5 atom stereocenters. The molecule has 0 bridgehead atoms. The van der Waals surface area contributed by atoms with Crippen LogP contribution in [0.1, 0.15) is 336 Å². The standard InChI is InChI=1S/C81H142O17P2/c1-5-9-13-17-21-25-29-32-35-36-37-38-41-43-47-50-54-58-62-66-79(84)92-72-77(98-81(86)68-64-60-56-52-48-44-40-34-31-27-23-19-15-11-7-3)74-96-100(89,90)94-70-75(82)69-93-99(87,88)95-73-76(97-80(85)67-63-59-55-51-45-28-24-20-16-12-8-4)71-91-78(83)65-61-57-53-49-46-42-39-33-30-26-22-18-14-10-6-2/h9,13,21,23,25,27,32-35,37-40,43,47,75-77,82H,5-8,10-12,14-20,22,24,26,28-31,36,41-42,44-46,48-74H2,1-4H3,(H,87,88)(H,89,90)/b13-9-,25-21-,27-23-,35-32-,38-37-,39-33-,40-34-,47-43-. The molecule has 0 aromatic heterocycles. The third-order valence-electron chi connectivity index (χ3n) is 16.5. The Morgan fingerprint density at radius 3 is 0.840 bits per heavy atom. The van der Waals surface area contributed by atoms with E-state index in [9.17, 15) is 43.2 Å². The molecule has 0 saturated carbocycles. The van der Waals surface area contributed by atoms with Gasteiger partial charge in [-0.25, -0.2) is 9.13 Å². The number of hydrogen-bond donors (Lipinski definition) is 3. The van der Waals surface area contributed by atoms with Crippen LogP contribution in [0.25, 0.3) is 0 Å². The predicted molar refractivity (Wildman–Crippen MR) is 409 cm³/mol. The second-order valence-electron chi connectivity index (χ2n) is 26.3. The van der Waals surface area contributed by atoms with Crippen LogP contribution in [0, 0.1) is 0 Å². The van der Waals surface area contributed by atoms with Gasteiger partial charge in [-0.15, -0.1) is 0 Å². The lowest BCUT2D eigenvalue weighted by molar-refractivity contribution is -0.161. The highest BCUT2D eigenvalue weighted by Gasteiger charge is 2.30. The number of aliphatic hydroxyl groups excluding tert-OH is 1. The molecule has 578 valence electrons. The lowest BCUT2D eigenvalue weighted by Crippen LogP contribution is -2.30. The van der Waals surface area contributed by atoms with Crippen molar-refractivity contribution in [2.45, 2.75) is 354 Å². The lowest BCUT2D eigenvalue weighted by Gasteiger charge is -2.21. The van der Waals surface area contributed by atoms with Crippen molar-refractivity contribution in [3.8, 4) is 0 Å². The molecule has 0 rings (SSSR count). The zero-order valence-corrected chi connectivity index (χ0v) is 64.9. The quantitative estimate of drug-likeness (QED) is 0.0169. The van der Waals surface area contributed by atoms with Gasteiger partial charge in [0.2, 0.25) is 0 Å².